The van der Waals surface area contributed by atoms with E-state index in [4.69, 9.17) is 0 Å². The number of hydrogen-bond donors (Lipinski definition) is 2. The van der Waals surface area contributed by atoms with Crippen molar-refractivity contribution < 1.29 is 9.59 Å². The maximum absolute atomic E-state index is 12.4. The maximum Gasteiger partial charge on any atom is 0.242 e. The molecule has 2 N–H and O–H groups in total. The Kier molecular flexibility index (Phi) is 6.16. The monoisotopic (exact) mass is 299 g/mol. The van der Waals surface area contributed by atoms with Gasteiger partial charge >= 0.3 is 0 Å². The van der Waals surface area contributed by atoms with E-state index in [2.05, 4.69) is 10.6 Å². The number of thioether (sulfide) groups is 1. The van der Waals surface area contributed by atoms with Gasteiger partial charge in [0.25, 0.3) is 0 Å². The third-order valence-corrected chi connectivity index (χ3v) is 5.46. The lowest BCUT2D eigenvalue weighted by molar-refractivity contribution is -0.140. The highest BCUT2D eigenvalue weighted by molar-refractivity contribution is 8.00. The molecule has 0 bridgehead atoms. The zero-order valence-corrected chi connectivity index (χ0v) is 13.0. The molecule has 0 aromatic rings. The van der Waals surface area contributed by atoms with Crippen molar-refractivity contribution in [2.24, 2.45) is 0 Å². The molecule has 114 valence electrons. The van der Waals surface area contributed by atoms with E-state index in [0.29, 0.717) is 11.0 Å². The van der Waals surface area contributed by atoms with Crippen molar-refractivity contribution in [1.29, 1.82) is 0 Å². The lowest BCUT2D eigenvalue weighted by Gasteiger charge is -2.34. The fourth-order valence-electron chi connectivity index (χ4n) is 2.90. The molecule has 20 heavy (non-hydrogen) atoms. The second-order valence-corrected chi connectivity index (χ2v) is 6.76. The molecule has 2 fully saturated rings. The summed E-state index contributed by atoms with van der Waals surface area (Å²) in [6.07, 6.45) is 5.11. The molecule has 2 saturated heterocycles. The Hall–Kier alpha value is -0.750. The van der Waals surface area contributed by atoms with Crippen molar-refractivity contribution in [1.82, 2.24) is 15.5 Å². The van der Waals surface area contributed by atoms with E-state index in [1.54, 1.807) is 23.7 Å². The van der Waals surface area contributed by atoms with E-state index in [1.807, 2.05) is 0 Å². The van der Waals surface area contributed by atoms with Crippen molar-refractivity contribution in [3.8, 4) is 0 Å². The van der Waals surface area contributed by atoms with E-state index in [9.17, 15) is 9.59 Å². The van der Waals surface area contributed by atoms with Crippen LogP contribution >= 0.6 is 11.8 Å². The standard InChI is InChI=1S/C14H25N3O2S/c1-15-14(19)12-4-2-3-9-17(12)13(18)10-20-11-5-7-16-8-6-11/h11-12,16H,2-10H2,1H3,(H,15,19). The first-order valence-corrected chi connectivity index (χ1v) is 8.60. The van der Waals surface area contributed by atoms with Gasteiger partial charge in [-0.1, -0.05) is 0 Å². The van der Waals surface area contributed by atoms with Crippen molar-refractivity contribution in [3.05, 3.63) is 0 Å². The minimum Gasteiger partial charge on any atom is -0.357 e. The number of nitrogens with zero attached hydrogens (tertiary/aromatic N) is 1. The SMILES string of the molecule is CNC(=O)C1CCCCN1C(=O)CSC1CCNCC1. The molecule has 2 rings (SSSR count). The highest BCUT2D eigenvalue weighted by atomic mass is 32.2. The molecule has 1 atom stereocenters. The first kappa shape index (κ1) is 15.6. The minimum atomic E-state index is -0.255. The summed E-state index contributed by atoms with van der Waals surface area (Å²) in [5.41, 5.74) is 0. The Bertz CT molecular complexity index is 345. The molecule has 6 heteroatoms. The summed E-state index contributed by atoms with van der Waals surface area (Å²) in [4.78, 5) is 26.0. The van der Waals surface area contributed by atoms with Crippen molar-refractivity contribution in [3.63, 3.8) is 0 Å². The lowest BCUT2D eigenvalue weighted by Crippen LogP contribution is -2.52. The summed E-state index contributed by atoms with van der Waals surface area (Å²) in [5.74, 6) is 0.616. The fraction of sp³-hybridized carbons (Fsp3) is 0.857. The van der Waals surface area contributed by atoms with Gasteiger partial charge in [-0.25, -0.2) is 0 Å². The predicted molar refractivity (Wildman–Crippen MR) is 81.8 cm³/mol. The predicted octanol–water partition coefficient (Wildman–Crippen LogP) is 0.599. The number of likely N-dealkylation sites (N-methyl/N-ethyl adjacent to an activating group) is 1. The molecule has 0 saturated carbocycles. The van der Waals surface area contributed by atoms with Gasteiger partial charge in [-0.15, -0.1) is 11.8 Å². The summed E-state index contributed by atoms with van der Waals surface area (Å²) in [6.45, 7) is 2.83. The van der Waals surface area contributed by atoms with E-state index < -0.39 is 0 Å². The molecule has 2 heterocycles. The summed E-state index contributed by atoms with van der Waals surface area (Å²) in [5, 5.41) is 6.60. The number of likely N-dealkylation sites (tertiary alicyclic amines) is 1. The van der Waals surface area contributed by atoms with Gasteiger partial charge in [0.1, 0.15) is 6.04 Å². The summed E-state index contributed by atoms with van der Waals surface area (Å²) in [6, 6.07) is -0.255. The van der Waals surface area contributed by atoms with Crippen LogP contribution in [-0.4, -0.2) is 60.4 Å². The Morgan fingerprint density at radius 2 is 2.00 bits per heavy atom. The van der Waals surface area contributed by atoms with Crippen LogP contribution in [0.3, 0.4) is 0 Å². The van der Waals surface area contributed by atoms with Gasteiger partial charge in [-0.3, -0.25) is 9.59 Å². The van der Waals surface area contributed by atoms with Crippen LogP contribution < -0.4 is 10.6 Å². The Morgan fingerprint density at radius 3 is 2.70 bits per heavy atom. The number of nitrogens with one attached hydrogen (secondary N) is 2. The molecule has 0 aromatic carbocycles. The molecule has 0 spiro atoms. The highest BCUT2D eigenvalue weighted by Crippen LogP contribution is 2.23. The van der Waals surface area contributed by atoms with Gasteiger partial charge in [0, 0.05) is 18.8 Å². The second kappa shape index (κ2) is 7.88. The molecule has 0 aliphatic carbocycles. The van der Waals surface area contributed by atoms with Crippen LogP contribution in [0, 0.1) is 0 Å². The average molecular weight is 299 g/mol. The Morgan fingerprint density at radius 1 is 1.25 bits per heavy atom. The van der Waals surface area contributed by atoms with Gasteiger partial charge in [0.2, 0.25) is 11.8 Å². The van der Waals surface area contributed by atoms with E-state index in [0.717, 1.165) is 51.7 Å². The Balaban J connectivity index is 1.83. The van der Waals surface area contributed by atoms with Crippen LogP contribution in [0.25, 0.3) is 0 Å². The molecular formula is C14H25N3O2S. The van der Waals surface area contributed by atoms with Gasteiger partial charge in [0.15, 0.2) is 0 Å². The molecule has 0 aromatic heterocycles. The van der Waals surface area contributed by atoms with Gasteiger partial charge < -0.3 is 15.5 Å². The van der Waals surface area contributed by atoms with Crippen LogP contribution in [0.1, 0.15) is 32.1 Å². The van der Waals surface area contributed by atoms with Crippen LogP contribution in [0.4, 0.5) is 0 Å². The van der Waals surface area contributed by atoms with E-state index >= 15 is 0 Å². The average Bonchev–Trinajstić information content (AvgIpc) is 2.52. The number of amides is 2. The van der Waals surface area contributed by atoms with Crippen molar-refractivity contribution in [2.75, 3.05) is 32.4 Å². The number of piperidine rings is 2. The minimum absolute atomic E-state index is 0.0232. The Labute approximate surface area is 125 Å². The molecule has 2 aliphatic rings. The van der Waals surface area contributed by atoms with Crippen LogP contribution in [0.2, 0.25) is 0 Å². The fourth-order valence-corrected chi connectivity index (χ4v) is 4.02. The third-order valence-electron chi connectivity index (χ3n) is 4.10. The van der Waals surface area contributed by atoms with Crippen LogP contribution in [0.5, 0.6) is 0 Å². The van der Waals surface area contributed by atoms with Crippen molar-refractivity contribution >= 4 is 23.6 Å². The number of carbonyl (C=O) groups excluding carboxylic acids is 2. The summed E-state index contributed by atoms with van der Waals surface area (Å²) < 4.78 is 0. The molecule has 2 aliphatic heterocycles. The molecule has 5 nitrogen and oxygen atoms in total. The summed E-state index contributed by atoms with van der Waals surface area (Å²) in [7, 11) is 1.64. The first-order valence-electron chi connectivity index (χ1n) is 7.55. The zero-order chi connectivity index (χ0) is 14.4. The largest absolute Gasteiger partial charge is 0.357 e. The van der Waals surface area contributed by atoms with Gasteiger partial charge in [-0.2, -0.15) is 0 Å². The summed E-state index contributed by atoms with van der Waals surface area (Å²) >= 11 is 1.76. The van der Waals surface area contributed by atoms with Crippen LogP contribution in [-0.2, 0) is 9.59 Å². The lowest BCUT2D eigenvalue weighted by atomic mass is 10.0. The zero-order valence-electron chi connectivity index (χ0n) is 12.2. The van der Waals surface area contributed by atoms with Gasteiger partial charge in [0.05, 0.1) is 5.75 Å². The van der Waals surface area contributed by atoms with E-state index in [1.165, 1.54) is 0 Å². The topological polar surface area (TPSA) is 61.4 Å². The molecule has 2 amide bonds. The van der Waals surface area contributed by atoms with Gasteiger partial charge in [-0.05, 0) is 45.2 Å². The van der Waals surface area contributed by atoms with E-state index in [-0.39, 0.29) is 17.9 Å². The first-order chi connectivity index (χ1) is 9.72. The van der Waals surface area contributed by atoms with Crippen molar-refractivity contribution in [2.45, 2.75) is 43.4 Å². The maximum atomic E-state index is 12.4. The smallest absolute Gasteiger partial charge is 0.242 e. The normalized spacial score (nSPS) is 24.4. The number of rotatable bonds is 4. The molecule has 0 radical (unpaired) electrons. The highest BCUT2D eigenvalue weighted by Gasteiger charge is 2.31. The molecule has 1 unspecified atom stereocenters. The quantitative estimate of drug-likeness (QED) is 0.798. The number of hydrogen-bond acceptors (Lipinski definition) is 4. The molecular weight excluding hydrogens is 274 g/mol. The second-order valence-electron chi connectivity index (χ2n) is 5.47. The van der Waals surface area contributed by atoms with Crippen LogP contribution in [0.15, 0.2) is 0 Å². The number of carbonyl (C=O) groups is 2. The third kappa shape index (κ3) is 4.12.